The third-order valence-corrected chi connectivity index (χ3v) is 4.58. The van der Waals surface area contributed by atoms with Gasteiger partial charge >= 0.3 is 0 Å². The van der Waals surface area contributed by atoms with Crippen LogP contribution in [0.25, 0.3) is 0 Å². The molecule has 0 amide bonds. The zero-order valence-electron chi connectivity index (χ0n) is 10.7. The van der Waals surface area contributed by atoms with Crippen molar-refractivity contribution in [1.82, 2.24) is 24.4 Å². The maximum absolute atomic E-state index is 11.4. The van der Waals surface area contributed by atoms with Crippen molar-refractivity contribution in [3.8, 4) is 0 Å². The van der Waals surface area contributed by atoms with Crippen LogP contribution in [0.2, 0.25) is 0 Å². The van der Waals surface area contributed by atoms with Gasteiger partial charge in [-0.1, -0.05) is 0 Å². The molecule has 1 aliphatic rings. The molecule has 0 bridgehead atoms. The highest BCUT2D eigenvalue weighted by molar-refractivity contribution is 7.88. The normalized spacial score (nSPS) is 19.2. The van der Waals surface area contributed by atoms with Crippen LogP contribution in [0.4, 0.5) is 0 Å². The first-order valence-corrected chi connectivity index (χ1v) is 7.83. The number of rotatable bonds is 4. The summed E-state index contributed by atoms with van der Waals surface area (Å²) in [7, 11) is -1.18. The minimum atomic E-state index is -3.04. The molecule has 0 aromatic carbocycles. The second kappa shape index (κ2) is 5.33. The van der Waals surface area contributed by atoms with Crippen LogP contribution in [0.3, 0.4) is 0 Å². The average Bonchev–Trinajstić information content (AvgIpc) is 2.72. The number of aromatic nitrogens is 3. The first kappa shape index (κ1) is 13.4. The van der Waals surface area contributed by atoms with E-state index < -0.39 is 10.0 Å². The molecular weight excluding hydrogens is 254 g/mol. The van der Waals surface area contributed by atoms with Crippen molar-refractivity contribution in [2.75, 3.05) is 19.3 Å². The molecule has 0 atom stereocenters. The lowest BCUT2D eigenvalue weighted by Gasteiger charge is -2.30. The van der Waals surface area contributed by atoms with Gasteiger partial charge in [0.2, 0.25) is 10.0 Å². The molecule has 1 N–H and O–H groups in total. The van der Waals surface area contributed by atoms with Gasteiger partial charge in [0, 0.05) is 26.2 Å². The SMILES string of the molecule is Cn1ncnc1CNC1CCN(S(C)(=O)=O)CC1. The fourth-order valence-corrected chi connectivity index (χ4v) is 2.98. The summed E-state index contributed by atoms with van der Waals surface area (Å²) < 4.78 is 26.0. The van der Waals surface area contributed by atoms with E-state index in [0.29, 0.717) is 25.7 Å². The van der Waals surface area contributed by atoms with E-state index in [-0.39, 0.29) is 0 Å². The molecule has 18 heavy (non-hydrogen) atoms. The van der Waals surface area contributed by atoms with Crippen LogP contribution in [0.1, 0.15) is 18.7 Å². The van der Waals surface area contributed by atoms with E-state index in [1.54, 1.807) is 4.68 Å². The molecule has 7 nitrogen and oxygen atoms in total. The molecule has 1 aromatic rings. The standard InChI is InChI=1S/C10H19N5O2S/c1-14-10(12-8-13-14)7-11-9-3-5-15(6-4-9)18(2,16)17/h8-9,11H,3-7H2,1-2H3. The summed E-state index contributed by atoms with van der Waals surface area (Å²) in [5.74, 6) is 0.889. The van der Waals surface area contributed by atoms with E-state index in [9.17, 15) is 8.42 Å². The number of hydrogen-bond acceptors (Lipinski definition) is 5. The predicted molar refractivity (Wildman–Crippen MR) is 67.3 cm³/mol. The summed E-state index contributed by atoms with van der Waals surface area (Å²) in [5.41, 5.74) is 0. The molecule has 0 aliphatic carbocycles. The third-order valence-electron chi connectivity index (χ3n) is 3.28. The molecular formula is C10H19N5O2S. The van der Waals surface area contributed by atoms with Gasteiger partial charge < -0.3 is 5.32 Å². The Morgan fingerprint density at radius 3 is 2.61 bits per heavy atom. The minimum absolute atomic E-state index is 0.347. The van der Waals surface area contributed by atoms with Crippen molar-refractivity contribution in [2.45, 2.75) is 25.4 Å². The minimum Gasteiger partial charge on any atom is -0.307 e. The summed E-state index contributed by atoms with van der Waals surface area (Å²) in [6.07, 6.45) is 4.47. The number of hydrogen-bond donors (Lipinski definition) is 1. The maximum Gasteiger partial charge on any atom is 0.211 e. The molecule has 0 unspecified atom stereocenters. The Hall–Kier alpha value is -0.990. The van der Waals surface area contributed by atoms with E-state index in [0.717, 1.165) is 18.7 Å². The van der Waals surface area contributed by atoms with Crippen LogP contribution in [-0.2, 0) is 23.6 Å². The van der Waals surface area contributed by atoms with E-state index >= 15 is 0 Å². The highest BCUT2D eigenvalue weighted by atomic mass is 32.2. The van der Waals surface area contributed by atoms with Crippen LogP contribution in [-0.4, -0.2) is 52.9 Å². The Kier molecular flexibility index (Phi) is 3.98. The van der Waals surface area contributed by atoms with Gasteiger partial charge in [-0.15, -0.1) is 0 Å². The Bertz CT molecular complexity index is 490. The largest absolute Gasteiger partial charge is 0.307 e. The summed E-state index contributed by atoms with van der Waals surface area (Å²) >= 11 is 0. The Labute approximate surface area is 107 Å². The van der Waals surface area contributed by atoms with Crippen LogP contribution < -0.4 is 5.32 Å². The quantitative estimate of drug-likeness (QED) is 0.787. The first-order valence-electron chi connectivity index (χ1n) is 5.98. The lowest BCUT2D eigenvalue weighted by Crippen LogP contribution is -2.44. The summed E-state index contributed by atoms with van der Waals surface area (Å²) in [5, 5.41) is 7.39. The average molecular weight is 273 g/mol. The van der Waals surface area contributed by atoms with Crippen molar-refractivity contribution in [3.63, 3.8) is 0 Å². The Morgan fingerprint density at radius 1 is 1.44 bits per heavy atom. The van der Waals surface area contributed by atoms with Crippen molar-refractivity contribution in [1.29, 1.82) is 0 Å². The number of sulfonamides is 1. The highest BCUT2D eigenvalue weighted by Gasteiger charge is 2.24. The van der Waals surface area contributed by atoms with Gasteiger partial charge in [0.05, 0.1) is 12.8 Å². The van der Waals surface area contributed by atoms with Crippen LogP contribution in [0, 0.1) is 0 Å². The fourth-order valence-electron chi connectivity index (χ4n) is 2.11. The molecule has 2 heterocycles. The molecule has 8 heteroatoms. The lowest BCUT2D eigenvalue weighted by molar-refractivity contribution is 0.288. The third kappa shape index (κ3) is 3.27. The van der Waals surface area contributed by atoms with Crippen molar-refractivity contribution >= 4 is 10.0 Å². The maximum atomic E-state index is 11.4. The lowest BCUT2D eigenvalue weighted by atomic mass is 10.1. The molecule has 1 saturated heterocycles. The number of aryl methyl sites for hydroxylation is 1. The van der Waals surface area contributed by atoms with E-state index in [4.69, 9.17) is 0 Å². The van der Waals surface area contributed by atoms with Gasteiger partial charge in [-0.3, -0.25) is 4.68 Å². The molecule has 0 spiro atoms. The van der Waals surface area contributed by atoms with E-state index in [1.165, 1.54) is 16.9 Å². The van der Waals surface area contributed by atoms with Crippen molar-refractivity contribution in [3.05, 3.63) is 12.2 Å². The topological polar surface area (TPSA) is 80.1 Å². The van der Waals surface area contributed by atoms with Gasteiger partial charge in [0.1, 0.15) is 12.2 Å². The van der Waals surface area contributed by atoms with Crippen molar-refractivity contribution in [2.24, 2.45) is 7.05 Å². The molecule has 2 rings (SSSR count). The second-order valence-electron chi connectivity index (χ2n) is 4.62. The zero-order chi connectivity index (χ0) is 13.2. The van der Waals surface area contributed by atoms with E-state index in [2.05, 4.69) is 15.4 Å². The molecule has 0 radical (unpaired) electrons. The van der Waals surface area contributed by atoms with Crippen LogP contribution in [0.5, 0.6) is 0 Å². The number of nitrogens with one attached hydrogen (secondary N) is 1. The Morgan fingerprint density at radius 2 is 2.11 bits per heavy atom. The summed E-state index contributed by atoms with van der Waals surface area (Å²) in [6, 6.07) is 0.347. The van der Waals surface area contributed by atoms with Crippen molar-refractivity contribution < 1.29 is 8.42 Å². The summed E-state index contributed by atoms with van der Waals surface area (Å²) in [6.45, 7) is 1.85. The molecule has 1 fully saturated rings. The number of nitrogens with zero attached hydrogens (tertiary/aromatic N) is 4. The predicted octanol–water partition coefficient (Wildman–Crippen LogP) is -0.671. The van der Waals surface area contributed by atoms with Gasteiger partial charge in [0.25, 0.3) is 0 Å². The van der Waals surface area contributed by atoms with Gasteiger partial charge in [-0.2, -0.15) is 5.10 Å². The van der Waals surface area contributed by atoms with Gasteiger partial charge in [0.15, 0.2) is 0 Å². The van der Waals surface area contributed by atoms with E-state index in [1.807, 2.05) is 7.05 Å². The van der Waals surface area contributed by atoms with Crippen LogP contribution >= 0.6 is 0 Å². The molecule has 1 aliphatic heterocycles. The smallest absolute Gasteiger partial charge is 0.211 e. The molecule has 102 valence electrons. The van der Waals surface area contributed by atoms with Gasteiger partial charge in [-0.05, 0) is 12.8 Å². The first-order chi connectivity index (χ1) is 8.47. The highest BCUT2D eigenvalue weighted by Crippen LogP contribution is 2.13. The molecule has 1 aromatic heterocycles. The summed E-state index contributed by atoms with van der Waals surface area (Å²) in [4.78, 5) is 4.14. The second-order valence-corrected chi connectivity index (χ2v) is 6.60. The zero-order valence-corrected chi connectivity index (χ0v) is 11.5. The molecule has 0 saturated carbocycles. The Balaban J connectivity index is 1.79. The number of piperidine rings is 1. The fraction of sp³-hybridized carbons (Fsp3) is 0.800. The van der Waals surface area contributed by atoms with Gasteiger partial charge in [-0.25, -0.2) is 17.7 Å². The van der Waals surface area contributed by atoms with Crippen LogP contribution in [0.15, 0.2) is 6.33 Å². The monoisotopic (exact) mass is 273 g/mol.